The van der Waals surface area contributed by atoms with Gasteiger partial charge in [0.15, 0.2) is 5.82 Å². The van der Waals surface area contributed by atoms with Crippen molar-refractivity contribution in [2.45, 2.75) is 32.9 Å². The van der Waals surface area contributed by atoms with E-state index in [9.17, 15) is 4.79 Å². The topological polar surface area (TPSA) is 84.1 Å². The third kappa shape index (κ3) is 3.93. The molecule has 0 bridgehead atoms. The zero-order valence-corrected chi connectivity index (χ0v) is 9.63. The summed E-state index contributed by atoms with van der Waals surface area (Å²) in [5.74, 6) is -0.146. The van der Waals surface area contributed by atoms with Gasteiger partial charge in [0.1, 0.15) is 0 Å². The van der Waals surface area contributed by atoms with Crippen LogP contribution in [0.2, 0.25) is 0 Å². The summed E-state index contributed by atoms with van der Waals surface area (Å²) in [5.41, 5.74) is 0. The zero-order chi connectivity index (χ0) is 12.0. The van der Waals surface area contributed by atoms with E-state index in [2.05, 4.69) is 22.4 Å². The van der Waals surface area contributed by atoms with Gasteiger partial charge in [0.2, 0.25) is 0 Å². The Bertz CT molecular complexity index is 338. The van der Waals surface area contributed by atoms with Crippen molar-refractivity contribution in [1.29, 1.82) is 0 Å². The van der Waals surface area contributed by atoms with Gasteiger partial charge in [-0.1, -0.05) is 13.3 Å². The molecule has 1 N–H and O–H groups in total. The number of tetrazole rings is 1. The average molecular weight is 227 g/mol. The van der Waals surface area contributed by atoms with Crippen LogP contribution >= 0.6 is 0 Å². The van der Waals surface area contributed by atoms with Gasteiger partial charge in [-0.05, 0) is 23.9 Å². The van der Waals surface area contributed by atoms with E-state index in [0.29, 0.717) is 12.4 Å². The zero-order valence-electron chi connectivity index (χ0n) is 9.63. The van der Waals surface area contributed by atoms with Gasteiger partial charge in [-0.2, -0.15) is 0 Å². The Kier molecular flexibility index (Phi) is 4.84. The standard InChI is InChI=1S/C9H17N5O2/c1-3-4-5-14-8(10-11-12-14)6-13(2)7-9(15)16/h3-7H2,1-2H3,(H,15,16). The van der Waals surface area contributed by atoms with Crippen LogP contribution in [0.4, 0.5) is 0 Å². The molecule has 0 radical (unpaired) electrons. The predicted molar refractivity (Wildman–Crippen MR) is 56.7 cm³/mol. The highest BCUT2D eigenvalue weighted by Gasteiger charge is 2.10. The van der Waals surface area contributed by atoms with E-state index in [4.69, 9.17) is 5.11 Å². The summed E-state index contributed by atoms with van der Waals surface area (Å²) in [6.07, 6.45) is 2.09. The molecule has 0 atom stereocenters. The number of likely N-dealkylation sites (N-methyl/N-ethyl adjacent to an activating group) is 1. The third-order valence-corrected chi connectivity index (χ3v) is 2.15. The van der Waals surface area contributed by atoms with Crippen LogP contribution in [0.25, 0.3) is 0 Å². The molecule has 7 nitrogen and oxygen atoms in total. The fourth-order valence-electron chi connectivity index (χ4n) is 1.35. The second-order valence-electron chi connectivity index (χ2n) is 3.74. The summed E-state index contributed by atoms with van der Waals surface area (Å²) in [6.45, 7) is 3.31. The van der Waals surface area contributed by atoms with E-state index < -0.39 is 5.97 Å². The van der Waals surface area contributed by atoms with Crippen LogP contribution < -0.4 is 0 Å². The predicted octanol–water partition coefficient (Wildman–Crippen LogP) is -0.0104. The third-order valence-electron chi connectivity index (χ3n) is 2.15. The SMILES string of the molecule is CCCCn1nnnc1CN(C)CC(=O)O. The summed E-state index contributed by atoms with van der Waals surface area (Å²) in [7, 11) is 1.73. The lowest BCUT2D eigenvalue weighted by Crippen LogP contribution is -2.26. The number of carbonyl (C=O) groups is 1. The number of unbranched alkanes of at least 4 members (excludes halogenated alkanes) is 1. The molecule has 0 aliphatic carbocycles. The number of hydrogen-bond donors (Lipinski definition) is 1. The van der Waals surface area contributed by atoms with Crippen molar-refractivity contribution >= 4 is 5.97 Å². The summed E-state index contributed by atoms with van der Waals surface area (Å²) in [5, 5.41) is 20.0. The molecule has 0 amide bonds. The maximum Gasteiger partial charge on any atom is 0.317 e. The molecule has 0 aliphatic rings. The van der Waals surface area contributed by atoms with Gasteiger partial charge >= 0.3 is 5.97 Å². The number of hydrogen-bond acceptors (Lipinski definition) is 5. The van der Waals surface area contributed by atoms with Crippen LogP contribution in [0.15, 0.2) is 0 Å². The van der Waals surface area contributed by atoms with Crippen LogP contribution in [0.5, 0.6) is 0 Å². The molecule has 0 fully saturated rings. The number of aryl methyl sites for hydroxylation is 1. The molecule has 0 saturated heterocycles. The molecule has 0 spiro atoms. The number of aromatic nitrogens is 4. The molecule has 0 aliphatic heterocycles. The second kappa shape index (κ2) is 6.16. The number of carboxylic acids is 1. The smallest absolute Gasteiger partial charge is 0.317 e. The quantitative estimate of drug-likeness (QED) is 0.705. The van der Waals surface area contributed by atoms with Gasteiger partial charge in [0, 0.05) is 6.54 Å². The van der Waals surface area contributed by atoms with Crippen molar-refractivity contribution in [2.75, 3.05) is 13.6 Å². The fraction of sp³-hybridized carbons (Fsp3) is 0.778. The van der Waals surface area contributed by atoms with Crippen LogP contribution in [0.3, 0.4) is 0 Å². The normalized spacial score (nSPS) is 10.9. The second-order valence-corrected chi connectivity index (χ2v) is 3.74. The van der Waals surface area contributed by atoms with Crippen LogP contribution in [-0.2, 0) is 17.9 Å². The molecule has 90 valence electrons. The van der Waals surface area contributed by atoms with E-state index in [1.807, 2.05) is 0 Å². The highest BCUT2D eigenvalue weighted by Crippen LogP contribution is 2.00. The average Bonchev–Trinajstić information content (AvgIpc) is 2.61. The van der Waals surface area contributed by atoms with Gasteiger partial charge in [-0.3, -0.25) is 9.69 Å². The van der Waals surface area contributed by atoms with Crippen molar-refractivity contribution in [1.82, 2.24) is 25.1 Å². The first kappa shape index (κ1) is 12.6. The molecular formula is C9H17N5O2. The summed E-state index contributed by atoms with van der Waals surface area (Å²) < 4.78 is 1.72. The molecule has 1 aromatic heterocycles. The van der Waals surface area contributed by atoms with E-state index >= 15 is 0 Å². The Hall–Kier alpha value is -1.50. The molecule has 7 heteroatoms. The molecule has 16 heavy (non-hydrogen) atoms. The minimum absolute atomic E-state index is 0.0133. The van der Waals surface area contributed by atoms with Crippen LogP contribution in [0.1, 0.15) is 25.6 Å². The highest BCUT2D eigenvalue weighted by atomic mass is 16.4. The maximum atomic E-state index is 10.5. The van der Waals surface area contributed by atoms with Crippen molar-refractivity contribution in [3.63, 3.8) is 0 Å². The van der Waals surface area contributed by atoms with Crippen molar-refractivity contribution in [3.8, 4) is 0 Å². The van der Waals surface area contributed by atoms with Gasteiger partial charge in [-0.25, -0.2) is 4.68 Å². The Morgan fingerprint density at radius 1 is 1.56 bits per heavy atom. The molecule has 0 unspecified atom stereocenters. The number of rotatable bonds is 7. The van der Waals surface area contributed by atoms with E-state index in [-0.39, 0.29) is 6.54 Å². The lowest BCUT2D eigenvalue weighted by molar-refractivity contribution is -0.138. The van der Waals surface area contributed by atoms with Gasteiger partial charge < -0.3 is 5.11 Å². The fourth-order valence-corrected chi connectivity index (χ4v) is 1.35. The largest absolute Gasteiger partial charge is 0.480 e. The molecule has 1 heterocycles. The van der Waals surface area contributed by atoms with Gasteiger partial charge in [-0.15, -0.1) is 5.10 Å². The highest BCUT2D eigenvalue weighted by molar-refractivity contribution is 5.68. The van der Waals surface area contributed by atoms with Crippen LogP contribution in [-0.4, -0.2) is 49.8 Å². The van der Waals surface area contributed by atoms with E-state index in [1.54, 1.807) is 16.6 Å². The molecule has 0 aromatic carbocycles. The van der Waals surface area contributed by atoms with E-state index in [1.165, 1.54) is 0 Å². The number of nitrogens with zero attached hydrogens (tertiary/aromatic N) is 5. The Labute approximate surface area is 94.0 Å². The minimum Gasteiger partial charge on any atom is -0.480 e. The van der Waals surface area contributed by atoms with Crippen LogP contribution in [0, 0.1) is 0 Å². The maximum absolute atomic E-state index is 10.5. The summed E-state index contributed by atoms with van der Waals surface area (Å²) in [6, 6.07) is 0. The first-order valence-electron chi connectivity index (χ1n) is 5.29. The lowest BCUT2D eigenvalue weighted by atomic mass is 10.3. The van der Waals surface area contributed by atoms with E-state index in [0.717, 1.165) is 19.4 Å². The molecular weight excluding hydrogens is 210 g/mol. The van der Waals surface area contributed by atoms with Crippen molar-refractivity contribution < 1.29 is 9.90 Å². The number of aliphatic carboxylic acids is 1. The molecule has 0 saturated carbocycles. The van der Waals surface area contributed by atoms with Gasteiger partial charge in [0.05, 0.1) is 13.1 Å². The first-order valence-corrected chi connectivity index (χ1v) is 5.29. The summed E-state index contributed by atoms with van der Waals surface area (Å²) in [4.78, 5) is 12.2. The minimum atomic E-state index is -0.852. The lowest BCUT2D eigenvalue weighted by Gasteiger charge is -2.12. The monoisotopic (exact) mass is 227 g/mol. The number of carboxylic acid groups (broad SMARTS) is 1. The van der Waals surface area contributed by atoms with Gasteiger partial charge in [0.25, 0.3) is 0 Å². The molecule has 1 aromatic rings. The molecule has 1 rings (SSSR count). The van der Waals surface area contributed by atoms with Crippen molar-refractivity contribution in [2.24, 2.45) is 0 Å². The Balaban J connectivity index is 2.52. The van der Waals surface area contributed by atoms with Crippen molar-refractivity contribution in [3.05, 3.63) is 5.82 Å². The Morgan fingerprint density at radius 2 is 2.31 bits per heavy atom. The summed E-state index contributed by atoms with van der Waals surface area (Å²) >= 11 is 0. The first-order chi connectivity index (χ1) is 7.63. The Morgan fingerprint density at radius 3 is 2.94 bits per heavy atom.